The number of carbonyl (C=O) groups is 2. The molecular weight excluding hydrogens is 258 g/mol. The average molecular weight is 272 g/mol. The van der Waals surface area contributed by atoms with Gasteiger partial charge in [-0.3, -0.25) is 4.79 Å². The van der Waals surface area contributed by atoms with Crippen molar-refractivity contribution in [1.82, 2.24) is 0 Å². The largest absolute Gasteiger partial charge is 0.493 e. The molecule has 0 saturated heterocycles. The molecular formula is C12H14ClNO4. The Hall–Kier alpha value is -1.75. The Morgan fingerprint density at radius 2 is 2.11 bits per heavy atom. The smallest absolute Gasteiger partial charge is 0.335 e. The number of aromatic carboxylic acids is 1. The summed E-state index contributed by atoms with van der Waals surface area (Å²) in [5.41, 5.74) is 0.258. The Kier molecular flexibility index (Phi) is 4.97. The Balaban J connectivity index is 3.14. The number of amides is 1. The summed E-state index contributed by atoms with van der Waals surface area (Å²) in [6, 6.07) is 2.60. The molecule has 0 unspecified atom stereocenters. The molecule has 1 aromatic carbocycles. The van der Waals surface area contributed by atoms with E-state index in [0.717, 1.165) is 0 Å². The van der Waals surface area contributed by atoms with Crippen molar-refractivity contribution in [3.05, 3.63) is 22.7 Å². The SMILES string of the molecule is CCCC(=O)Nc1cc(C(=O)O)cc(Cl)c1OC. The summed E-state index contributed by atoms with van der Waals surface area (Å²) in [5.74, 6) is -1.08. The zero-order valence-electron chi connectivity index (χ0n) is 10.1. The molecule has 0 atom stereocenters. The minimum atomic E-state index is -1.12. The van der Waals surface area contributed by atoms with Gasteiger partial charge in [0.2, 0.25) is 5.91 Å². The van der Waals surface area contributed by atoms with Crippen LogP contribution in [0.25, 0.3) is 0 Å². The van der Waals surface area contributed by atoms with Gasteiger partial charge in [-0.15, -0.1) is 0 Å². The standard InChI is InChI=1S/C12H14ClNO4/c1-3-4-10(15)14-9-6-7(12(16)17)5-8(13)11(9)18-2/h5-6H,3-4H2,1-2H3,(H,14,15)(H,16,17). The van der Waals surface area contributed by atoms with Crippen molar-refractivity contribution in [1.29, 1.82) is 0 Å². The number of carbonyl (C=O) groups excluding carboxylic acids is 1. The van der Waals surface area contributed by atoms with Crippen LogP contribution in [0.4, 0.5) is 5.69 Å². The fourth-order valence-corrected chi connectivity index (χ4v) is 1.75. The summed E-state index contributed by atoms with van der Waals surface area (Å²) in [6.45, 7) is 1.87. The molecule has 0 saturated carbocycles. The molecule has 1 amide bonds. The highest BCUT2D eigenvalue weighted by Crippen LogP contribution is 2.34. The predicted octanol–water partition coefficient (Wildman–Crippen LogP) is 2.79. The number of methoxy groups -OCH3 is 1. The number of anilines is 1. The van der Waals surface area contributed by atoms with Gasteiger partial charge in [-0.05, 0) is 18.6 Å². The van der Waals surface area contributed by atoms with Crippen LogP contribution in [0.2, 0.25) is 5.02 Å². The summed E-state index contributed by atoms with van der Waals surface area (Å²) in [5, 5.41) is 11.7. The molecule has 0 aliphatic heterocycles. The number of benzene rings is 1. The quantitative estimate of drug-likeness (QED) is 0.863. The van der Waals surface area contributed by atoms with E-state index in [1.807, 2.05) is 6.92 Å². The maximum absolute atomic E-state index is 11.5. The van der Waals surface area contributed by atoms with Crippen molar-refractivity contribution in [3.8, 4) is 5.75 Å². The number of hydrogen-bond acceptors (Lipinski definition) is 3. The van der Waals surface area contributed by atoms with Crippen molar-refractivity contribution < 1.29 is 19.4 Å². The third kappa shape index (κ3) is 3.37. The topological polar surface area (TPSA) is 75.6 Å². The van der Waals surface area contributed by atoms with Gasteiger partial charge in [-0.25, -0.2) is 4.79 Å². The second-order valence-corrected chi connectivity index (χ2v) is 4.05. The van der Waals surface area contributed by atoms with Crippen molar-refractivity contribution in [2.75, 3.05) is 12.4 Å². The predicted molar refractivity (Wildman–Crippen MR) is 68.5 cm³/mol. The molecule has 2 N–H and O–H groups in total. The van der Waals surface area contributed by atoms with Gasteiger partial charge in [-0.2, -0.15) is 0 Å². The van der Waals surface area contributed by atoms with Crippen molar-refractivity contribution in [3.63, 3.8) is 0 Å². The van der Waals surface area contributed by atoms with Gasteiger partial charge in [-0.1, -0.05) is 18.5 Å². The molecule has 1 aromatic rings. The molecule has 0 aliphatic carbocycles. The molecule has 1 rings (SSSR count). The van der Waals surface area contributed by atoms with Crippen molar-refractivity contribution in [2.45, 2.75) is 19.8 Å². The third-order valence-corrected chi connectivity index (χ3v) is 2.53. The van der Waals surface area contributed by atoms with E-state index >= 15 is 0 Å². The number of carboxylic acids is 1. The number of halogens is 1. The zero-order valence-corrected chi connectivity index (χ0v) is 10.9. The van der Waals surface area contributed by atoms with E-state index in [4.69, 9.17) is 21.4 Å². The molecule has 0 spiro atoms. The molecule has 5 nitrogen and oxygen atoms in total. The minimum absolute atomic E-state index is 0.00685. The Labute approximate surface area is 110 Å². The van der Waals surface area contributed by atoms with E-state index < -0.39 is 5.97 Å². The molecule has 6 heteroatoms. The molecule has 0 aliphatic rings. The van der Waals surface area contributed by atoms with Gasteiger partial charge in [0, 0.05) is 6.42 Å². The fourth-order valence-electron chi connectivity index (χ4n) is 1.46. The van der Waals surface area contributed by atoms with E-state index in [1.54, 1.807) is 0 Å². The van der Waals surface area contributed by atoms with Crippen LogP contribution in [0.5, 0.6) is 5.75 Å². The van der Waals surface area contributed by atoms with E-state index in [9.17, 15) is 9.59 Å². The molecule has 98 valence electrons. The van der Waals surface area contributed by atoms with Crippen molar-refractivity contribution >= 4 is 29.2 Å². The average Bonchev–Trinajstić information content (AvgIpc) is 2.28. The second kappa shape index (κ2) is 6.26. The van der Waals surface area contributed by atoms with E-state index in [0.29, 0.717) is 12.8 Å². The minimum Gasteiger partial charge on any atom is -0.493 e. The molecule has 18 heavy (non-hydrogen) atoms. The van der Waals surface area contributed by atoms with Crippen LogP contribution >= 0.6 is 11.6 Å². The second-order valence-electron chi connectivity index (χ2n) is 3.64. The fraction of sp³-hybridized carbons (Fsp3) is 0.333. The summed E-state index contributed by atoms with van der Waals surface area (Å²) in [4.78, 5) is 22.4. The lowest BCUT2D eigenvalue weighted by Gasteiger charge is -2.12. The van der Waals surface area contributed by atoms with Gasteiger partial charge in [0.1, 0.15) is 0 Å². The van der Waals surface area contributed by atoms with Crippen LogP contribution in [-0.2, 0) is 4.79 Å². The van der Waals surface area contributed by atoms with Crippen LogP contribution in [0.3, 0.4) is 0 Å². The lowest BCUT2D eigenvalue weighted by molar-refractivity contribution is -0.116. The van der Waals surface area contributed by atoms with Gasteiger partial charge < -0.3 is 15.2 Å². The molecule has 0 fully saturated rings. The summed E-state index contributed by atoms with van der Waals surface area (Å²) in [7, 11) is 1.40. The van der Waals surface area contributed by atoms with Gasteiger partial charge in [0.25, 0.3) is 0 Å². The monoisotopic (exact) mass is 271 g/mol. The summed E-state index contributed by atoms with van der Waals surface area (Å²) >= 11 is 5.90. The number of rotatable bonds is 5. The van der Waals surface area contributed by atoms with Gasteiger partial charge in [0.15, 0.2) is 5.75 Å². The van der Waals surface area contributed by atoms with E-state index in [-0.39, 0.29) is 27.9 Å². The zero-order chi connectivity index (χ0) is 13.7. The van der Waals surface area contributed by atoms with E-state index in [2.05, 4.69) is 5.32 Å². The van der Waals surface area contributed by atoms with E-state index in [1.165, 1.54) is 19.2 Å². The maximum atomic E-state index is 11.5. The van der Waals surface area contributed by atoms with Crippen molar-refractivity contribution in [2.24, 2.45) is 0 Å². The Bertz CT molecular complexity index is 473. The number of nitrogens with one attached hydrogen (secondary N) is 1. The first-order valence-corrected chi connectivity index (χ1v) is 5.78. The lowest BCUT2D eigenvalue weighted by atomic mass is 10.1. The molecule has 0 bridgehead atoms. The van der Waals surface area contributed by atoms with Crippen LogP contribution in [0.1, 0.15) is 30.1 Å². The van der Waals surface area contributed by atoms with Gasteiger partial charge >= 0.3 is 5.97 Å². The highest BCUT2D eigenvalue weighted by molar-refractivity contribution is 6.33. The van der Waals surface area contributed by atoms with Crippen LogP contribution in [0, 0.1) is 0 Å². The first-order valence-electron chi connectivity index (χ1n) is 5.40. The normalized spacial score (nSPS) is 9.94. The number of ether oxygens (including phenoxy) is 1. The van der Waals surface area contributed by atoms with Crippen LogP contribution < -0.4 is 10.1 Å². The Morgan fingerprint density at radius 1 is 1.44 bits per heavy atom. The first kappa shape index (κ1) is 14.3. The number of carboxylic acid groups (broad SMARTS) is 1. The first-order chi connectivity index (χ1) is 8.49. The van der Waals surface area contributed by atoms with Crippen LogP contribution in [-0.4, -0.2) is 24.1 Å². The lowest BCUT2D eigenvalue weighted by Crippen LogP contribution is -2.12. The maximum Gasteiger partial charge on any atom is 0.335 e. The molecule has 0 radical (unpaired) electrons. The summed E-state index contributed by atoms with van der Waals surface area (Å²) in [6.07, 6.45) is 1.04. The Morgan fingerprint density at radius 3 is 2.61 bits per heavy atom. The van der Waals surface area contributed by atoms with Gasteiger partial charge in [0.05, 0.1) is 23.4 Å². The highest BCUT2D eigenvalue weighted by Gasteiger charge is 2.15. The highest BCUT2D eigenvalue weighted by atomic mass is 35.5. The molecule has 0 heterocycles. The third-order valence-electron chi connectivity index (χ3n) is 2.25. The number of hydrogen-bond donors (Lipinski definition) is 2. The van der Waals surface area contributed by atoms with Crippen LogP contribution in [0.15, 0.2) is 12.1 Å². The molecule has 0 aromatic heterocycles. The summed E-state index contributed by atoms with van der Waals surface area (Å²) < 4.78 is 5.05.